The summed E-state index contributed by atoms with van der Waals surface area (Å²) < 4.78 is 5.43. The summed E-state index contributed by atoms with van der Waals surface area (Å²) in [7, 11) is 3.08. The van der Waals surface area contributed by atoms with Crippen LogP contribution in [0, 0.1) is 5.92 Å². The van der Waals surface area contributed by atoms with E-state index >= 15 is 0 Å². The van der Waals surface area contributed by atoms with E-state index in [9.17, 15) is 9.59 Å². The molecule has 21 heavy (non-hydrogen) atoms. The van der Waals surface area contributed by atoms with Crippen LogP contribution < -0.4 is 10.6 Å². The Bertz CT molecular complexity index is 481. The minimum atomic E-state index is -0.615. The number of esters is 1. The summed E-state index contributed by atoms with van der Waals surface area (Å²) in [5.74, 6) is -0.445. The monoisotopic (exact) mass is 332 g/mol. The number of carbonyl (C=O) groups excluding carboxylic acids is 2. The maximum absolute atomic E-state index is 11.9. The van der Waals surface area contributed by atoms with Gasteiger partial charge in [0, 0.05) is 7.05 Å². The zero-order valence-corrected chi connectivity index (χ0v) is 14.1. The second kappa shape index (κ2) is 8.83. The molecule has 1 rings (SSSR count). The molecule has 0 saturated carbocycles. The molecule has 0 radical (unpaired) electrons. The number of amides is 1. The van der Waals surface area contributed by atoms with Crippen LogP contribution in [-0.4, -0.2) is 48.0 Å². The molecule has 0 fully saturated rings. The molecule has 1 aromatic heterocycles. The summed E-state index contributed by atoms with van der Waals surface area (Å²) in [5.41, 5.74) is 0. The average molecular weight is 332 g/mol. The number of aromatic nitrogens is 2. The molecule has 0 aliphatic rings. The molecule has 1 heterocycles. The molecule has 0 aliphatic heterocycles. The van der Waals surface area contributed by atoms with E-state index in [4.69, 9.17) is 4.74 Å². The van der Waals surface area contributed by atoms with Crippen LogP contribution >= 0.6 is 23.1 Å². The molecule has 0 spiro atoms. The number of carbonyl (C=O) groups is 2. The summed E-state index contributed by atoms with van der Waals surface area (Å²) in [6.45, 7) is 3.86. The number of methoxy groups -OCH3 is 1. The van der Waals surface area contributed by atoms with Crippen molar-refractivity contribution in [3.63, 3.8) is 0 Å². The van der Waals surface area contributed by atoms with Gasteiger partial charge in [-0.25, -0.2) is 4.79 Å². The molecule has 0 bridgehead atoms. The van der Waals surface area contributed by atoms with Gasteiger partial charge in [-0.05, 0) is 5.92 Å². The van der Waals surface area contributed by atoms with Gasteiger partial charge in [0.1, 0.15) is 6.04 Å². The molecular weight excluding hydrogens is 312 g/mol. The van der Waals surface area contributed by atoms with Gasteiger partial charge in [0.15, 0.2) is 4.34 Å². The van der Waals surface area contributed by atoms with Crippen LogP contribution in [-0.2, 0) is 14.3 Å². The number of hydrogen-bond donors (Lipinski definition) is 2. The minimum Gasteiger partial charge on any atom is -0.467 e. The molecule has 7 nitrogen and oxygen atoms in total. The summed E-state index contributed by atoms with van der Waals surface area (Å²) in [6, 6.07) is -0.615. The molecular formula is C12H20N4O3S2. The third kappa shape index (κ3) is 5.50. The van der Waals surface area contributed by atoms with Gasteiger partial charge in [0.2, 0.25) is 11.0 Å². The topological polar surface area (TPSA) is 93.2 Å². The van der Waals surface area contributed by atoms with Crippen molar-refractivity contribution in [3.05, 3.63) is 0 Å². The number of nitrogens with zero attached hydrogens (tertiary/aromatic N) is 2. The van der Waals surface area contributed by atoms with Crippen LogP contribution in [0.5, 0.6) is 0 Å². The summed E-state index contributed by atoms with van der Waals surface area (Å²) in [4.78, 5) is 23.6. The summed E-state index contributed by atoms with van der Waals surface area (Å²) >= 11 is 2.66. The predicted octanol–water partition coefficient (Wildman–Crippen LogP) is 1.38. The number of thioether (sulfide) groups is 1. The quantitative estimate of drug-likeness (QED) is 0.548. The first-order valence-electron chi connectivity index (χ1n) is 6.53. The Hall–Kier alpha value is -1.35. The fourth-order valence-corrected chi connectivity index (χ4v) is 3.02. The lowest BCUT2D eigenvalue weighted by Crippen LogP contribution is -2.46. The van der Waals surface area contributed by atoms with Gasteiger partial charge < -0.3 is 15.4 Å². The van der Waals surface area contributed by atoms with Crippen molar-refractivity contribution >= 4 is 40.1 Å². The number of nitrogens with one attached hydrogen (secondary N) is 2. The van der Waals surface area contributed by atoms with E-state index in [1.54, 1.807) is 7.05 Å². The van der Waals surface area contributed by atoms with Crippen LogP contribution in [0.15, 0.2) is 4.34 Å². The standard InChI is InChI=1S/C12H20N4O3S2/c1-5-7(2)9(10(18)19-4)14-8(17)6-20-12-16-15-11(13-3)21-12/h7,9H,5-6H2,1-4H3,(H,13,15)(H,14,17)/t7-,9+/m0/s1. The van der Waals surface area contributed by atoms with E-state index in [-0.39, 0.29) is 17.6 Å². The van der Waals surface area contributed by atoms with Gasteiger partial charge in [-0.3, -0.25) is 4.79 Å². The van der Waals surface area contributed by atoms with Crippen LogP contribution in [0.1, 0.15) is 20.3 Å². The molecule has 118 valence electrons. The van der Waals surface area contributed by atoms with Gasteiger partial charge in [0.05, 0.1) is 12.9 Å². The molecule has 0 saturated heterocycles. The first-order chi connectivity index (χ1) is 10.0. The second-order valence-corrected chi connectivity index (χ2v) is 6.57. The Labute approximate surface area is 132 Å². The van der Waals surface area contributed by atoms with E-state index in [1.165, 1.54) is 30.2 Å². The van der Waals surface area contributed by atoms with Crippen molar-refractivity contribution in [2.45, 2.75) is 30.6 Å². The normalized spacial score (nSPS) is 13.3. The molecule has 0 aromatic carbocycles. The maximum atomic E-state index is 11.9. The van der Waals surface area contributed by atoms with Crippen molar-refractivity contribution in [2.24, 2.45) is 5.92 Å². The molecule has 1 amide bonds. The Morgan fingerprint density at radius 1 is 1.43 bits per heavy atom. The number of anilines is 1. The zero-order valence-electron chi connectivity index (χ0n) is 12.5. The van der Waals surface area contributed by atoms with Crippen molar-refractivity contribution in [1.29, 1.82) is 0 Å². The Morgan fingerprint density at radius 3 is 2.67 bits per heavy atom. The van der Waals surface area contributed by atoms with Gasteiger partial charge >= 0.3 is 5.97 Å². The van der Waals surface area contributed by atoms with Gasteiger partial charge in [0.25, 0.3) is 0 Å². The van der Waals surface area contributed by atoms with E-state index in [0.717, 1.165) is 6.42 Å². The minimum absolute atomic E-state index is 0.0174. The zero-order chi connectivity index (χ0) is 15.8. The highest BCUT2D eigenvalue weighted by Gasteiger charge is 2.26. The summed E-state index contributed by atoms with van der Waals surface area (Å²) in [6.07, 6.45) is 0.773. The smallest absolute Gasteiger partial charge is 0.328 e. The highest BCUT2D eigenvalue weighted by atomic mass is 32.2. The van der Waals surface area contributed by atoms with E-state index < -0.39 is 12.0 Å². The first kappa shape index (κ1) is 17.7. The molecule has 9 heteroatoms. The SMILES string of the molecule is CC[C@H](C)[C@@H](NC(=O)CSc1nnc(NC)s1)C(=O)OC. The lowest BCUT2D eigenvalue weighted by molar-refractivity contribution is -0.146. The van der Waals surface area contributed by atoms with Gasteiger partial charge in [-0.2, -0.15) is 0 Å². The lowest BCUT2D eigenvalue weighted by atomic mass is 9.99. The second-order valence-electron chi connectivity index (χ2n) is 4.37. The molecule has 1 aromatic rings. The highest BCUT2D eigenvalue weighted by Crippen LogP contribution is 2.24. The lowest BCUT2D eigenvalue weighted by Gasteiger charge is -2.21. The van der Waals surface area contributed by atoms with Crippen molar-refractivity contribution in [3.8, 4) is 0 Å². The highest BCUT2D eigenvalue weighted by molar-refractivity contribution is 8.01. The third-order valence-electron chi connectivity index (χ3n) is 2.93. The van der Waals surface area contributed by atoms with Crippen LogP contribution in [0.3, 0.4) is 0 Å². The van der Waals surface area contributed by atoms with E-state index in [1.807, 2.05) is 13.8 Å². The number of hydrogen-bond acceptors (Lipinski definition) is 8. The average Bonchev–Trinajstić information content (AvgIpc) is 2.97. The van der Waals surface area contributed by atoms with Crippen LogP contribution in [0.4, 0.5) is 5.13 Å². The molecule has 0 aliphatic carbocycles. The third-order valence-corrected chi connectivity index (χ3v) is 5.01. The van der Waals surface area contributed by atoms with Crippen molar-refractivity contribution in [2.75, 3.05) is 25.2 Å². The van der Waals surface area contributed by atoms with Crippen LogP contribution in [0.25, 0.3) is 0 Å². The number of ether oxygens (including phenoxy) is 1. The summed E-state index contributed by atoms with van der Waals surface area (Å²) in [5, 5.41) is 14.1. The molecule has 2 atom stereocenters. The largest absolute Gasteiger partial charge is 0.467 e. The Balaban J connectivity index is 2.51. The van der Waals surface area contributed by atoms with Crippen molar-refractivity contribution in [1.82, 2.24) is 15.5 Å². The van der Waals surface area contributed by atoms with Gasteiger partial charge in [-0.15, -0.1) is 10.2 Å². The fraction of sp³-hybridized carbons (Fsp3) is 0.667. The maximum Gasteiger partial charge on any atom is 0.328 e. The van der Waals surface area contributed by atoms with Crippen LogP contribution in [0.2, 0.25) is 0 Å². The van der Waals surface area contributed by atoms with E-state index in [2.05, 4.69) is 20.8 Å². The van der Waals surface area contributed by atoms with Crippen molar-refractivity contribution < 1.29 is 14.3 Å². The molecule has 0 unspecified atom stereocenters. The predicted molar refractivity (Wildman–Crippen MR) is 83.6 cm³/mol. The first-order valence-corrected chi connectivity index (χ1v) is 8.33. The fourth-order valence-electron chi connectivity index (χ4n) is 1.51. The molecule has 2 N–H and O–H groups in total. The number of rotatable bonds is 8. The Kier molecular flexibility index (Phi) is 7.44. The Morgan fingerprint density at radius 2 is 2.14 bits per heavy atom. The van der Waals surface area contributed by atoms with E-state index in [0.29, 0.717) is 9.47 Å². The van der Waals surface area contributed by atoms with Gasteiger partial charge in [-0.1, -0.05) is 43.4 Å².